The molecule has 0 saturated carbocycles. The molecule has 1 aromatic heterocycles. The summed E-state index contributed by atoms with van der Waals surface area (Å²) in [7, 11) is 3.99. The Bertz CT molecular complexity index is 944. The molecule has 2 aromatic carbocycles. The van der Waals surface area contributed by atoms with Crippen LogP contribution in [0.1, 0.15) is 32.9 Å². The van der Waals surface area contributed by atoms with Crippen LogP contribution in [0.4, 0.5) is 5.69 Å². The van der Waals surface area contributed by atoms with Crippen LogP contribution in [0.2, 0.25) is 0 Å². The van der Waals surface area contributed by atoms with E-state index in [1.165, 1.54) is 0 Å². The number of para-hydroxylation sites is 2. The molecule has 0 radical (unpaired) electrons. The number of benzene rings is 2. The van der Waals surface area contributed by atoms with Gasteiger partial charge in [0.1, 0.15) is 18.1 Å². The number of nitrogens with zero attached hydrogens (tertiary/aromatic N) is 2. The lowest BCUT2D eigenvalue weighted by molar-refractivity contribution is 0.102. The number of anilines is 1. The van der Waals surface area contributed by atoms with Crippen molar-refractivity contribution >= 4 is 11.6 Å². The Morgan fingerprint density at radius 3 is 2.54 bits per heavy atom. The van der Waals surface area contributed by atoms with Crippen LogP contribution >= 0.6 is 0 Å². The Morgan fingerprint density at radius 2 is 1.82 bits per heavy atom. The smallest absolute Gasteiger partial charge is 0.259 e. The van der Waals surface area contributed by atoms with E-state index < -0.39 is 0 Å². The first-order chi connectivity index (χ1) is 13.5. The van der Waals surface area contributed by atoms with Crippen molar-refractivity contribution in [2.24, 2.45) is 0 Å². The van der Waals surface area contributed by atoms with Crippen molar-refractivity contribution < 1.29 is 14.1 Å². The molecule has 0 aliphatic carbocycles. The zero-order valence-corrected chi connectivity index (χ0v) is 16.7. The molecule has 1 heterocycles. The van der Waals surface area contributed by atoms with E-state index in [9.17, 15) is 4.79 Å². The van der Waals surface area contributed by atoms with Gasteiger partial charge in [0.25, 0.3) is 5.91 Å². The highest BCUT2D eigenvalue weighted by Gasteiger charge is 2.16. The lowest BCUT2D eigenvalue weighted by atomic mass is 10.1. The quantitative estimate of drug-likeness (QED) is 0.667. The summed E-state index contributed by atoms with van der Waals surface area (Å²) < 4.78 is 11.1. The van der Waals surface area contributed by atoms with Gasteiger partial charge in [0.2, 0.25) is 0 Å². The van der Waals surface area contributed by atoms with E-state index in [2.05, 4.69) is 15.4 Å². The summed E-state index contributed by atoms with van der Waals surface area (Å²) in [5.41, 5.74) is 4.01. The van der Waals surface area contributed by atoms with Crippen LogP contribution in [0.15, 0.2) is 53.1 Å². The second-order valence-corrected chi connectivity index (χ2v) is 6.94. The highest BCUT2D eigenvalue weighted by atomic mass is 16.5. The standard InChI is InChI=1S/C22H25N3O3/c1-15-19(16(2)28-24-15)14-27-21-12-8-6-10-18(21)22(26)23-20-11-7-5-9-17(20)13-25(3)4/h5-12H,13-14H2,1-4H3,(H,23,26). The number of carbonyl (C=O) groups is 1. The van der Waals surface area contributed by atoms with E-state index in [4.69, 9.17) is 9.26 Å². The molecule has 0 atom stereocenters. The van der Waals surface area contributed by atoms with Crippen LogP contribution < -0.4 is 10.1 Å². The van der Waals surface area contributed by atoms with Crippen LogP contribution in [0, 0.1) is 13.8 Å². The third-order valence-electron chi connectivity index (χ3n) is 4.44. The number of aromatic nitrogens is 1. The van der Waals surface area contributed by atoms with Gasteiger partial charge in [0.05, 0.1) is 16.8 Å². The third kappa shape index (κ3) is 4.58. The van der Waals surface area contributed by atoms with E-state index in [0.717, 1.165) is 34.8 Å². The number of ether oxygens (including phenoxy) is 1. The van der Waals surface area contributed by atoms with Crippen LogP contribution in [0.25, 0.3) is 0 Å². The second-order valence-electron chi connectivity index (χ2n) is 6.94. The number of carbonyl (C=O) groups excluding carboxylic acids is 1. The number of nitrogens with one attached hydrogen (secondary N) is 1. The maximum Gasteiger partial charge on any atom is 0.259 e. The fourth-order valence-electron chi connectivity index (χ4n) is 2.95. The van der Waals surface area contributed by atoms with Gasteiger partial charge in [0.15, 0.2) is 0 Å². The SMILES string of the molecule is Cc1noc(C)c1COc1ccccc1C(=O)Nc1ccccc1CN(C)C. The van der Waals surface area contributed by atoms with Crippen molar-refractivity contribution in [2.45, 2.75) is 27.0 Å². The van der Waals surface area contributed by atoms with Gasteiger partial charge in [-0.1, -0.05) is 35.5 Å². The van der Waals surface area contributed by atoms with E-state index in [1.807, 2.05) is 64.3 Å². The van der Waals surface area contributed by atoms with Crippen LogP contribution in [-0.2, 0) is 13.2 Å². The molecule has 3 aromatic rings. The van der Waals surface area contributed by atoms with E-state index in [0.29, 0.717) is 17.9 Å². The highest BCUT2D eigenvalue weighted by molar-refractivity contribution is 6.06. The summed E-state index contributed by atoms with van der Waals surface area (Å²) in [4.78, 5) is 15.0. The third-order valence-corrected chi connectivity index (χ3v) is 4.44. The van der Waals surface area contributed by atoms with Gasteiger partial charge >= 0.3 is 0 Å². The Kier molecular flexibility index (Phi) is 6.11. The largest absolute Gasteiger partial charge is 0.488 e. The summed E-state index contributed by atoms with van der Waals surface area (Å²) in [5, 5.41) is 6.95. The molecule has 0 fully saturated rings. The van der Waals surface area contributed by atoms with Crippen LogP contribution in [-0.4, -0.2) is 30.1 Å². The van der Waals surface area contributed by atoms with Gasteiger partial charge < -0.3 is 19.5 Å². The maximum absolute atomic E-state index is 12.9. The predicted octanol–water partition coefficient (Wildman–Crippen LogP) is 4.18. The molecule has 28 heavy (non-hydrogen) atoms. The lowest BCUT2D eigenvalue weighted by Gasteiger charge is -2.16. The number of hydrogen-bond donors (Lipinski definition) is 1. The summed E-state index contributed by atoms with van der Waals surface area (Å²) in [6, 6.07) is 15.0. The molecule has 146 valence electrons. The minimum absolute atomic E-state index is 0.208. The average Bonchev–Trinajstić information content (AvgIpc) is 2.99. The van der Waals surface area contributed by atoms with Gasteiger partial charge in [-0.2, -0.15) is 0 Å². The first-order valence-corrected chi connectivity index (χ1v) is 9.13. The summed E-state index contributed by atoms with van der Waals surface area (Å²) in [5.74, 6) is 1.03. The monoisotopic (exact) mass is 379 g/mol. The molecule has 6 heteroatoms. The first-order valence-electron chi connectivity index (χ1n) is 9.13. The predicted molar refractivity (Wildman–Crippen MR) is 109 cm³/mol. The second kappa shape index (κ2) is 8.71. The minimum atomic E-state index is -0.208. The number of hydrogen-bond acceptors (Lipinski definition) is 5. The lowest BCUT2D eigenvalue weighted by Crippen LogP contribution is -2.17. The van der Waals surface area contributed by atoms with Crippen molar-refractivity contribution in [2.75, 3.05) is 19.4 Å². The summed E-state index contributed by atoms with van der Waals surface area (Å²) in [6.45, 7) is 4.75. The molecule has 0 aliphatic heterocycles. The normalized spacial score (nSPS) is 10.9. The Hall–Kier alpha value is -3.12. The molecular formula is C22H25N3O3. The molecule has 0 saturated heterocycles. The molecule has 0 bridgehead atoms. The fraction of sp³-hybridized carbons (Fsp3) is 0.273. The zero-order chi connectivity index (χ0) is 20.1. The zero-order valence-electron chi connectivity index (χ0n) is 16.7. The topological polar surface area (TPSA) is 67.6 Å². The van der Waals surface area contributed by atoms with Crippen molar-refractivity contribution in [3.63, 3.8) is 0 Å². The first kappa shape index (κ1) is 19.6. The van der Waals surface area contributed by atoms with Crippen LogP contribution in [0.3, 0.4) is 0 Å². The molecule has 1 amide bonds. The summed E-state index contributed by atoms with van der Waals surface area (Å²) >= 11 is 0. The molecule has 3 rings (SSSR count). The van der Waals surface area contributed by atoms with E-state index in [-0.39, 0.29) is 5.91 Å². The number of amides is 1. The molecule has 0 spiro atoms. The highest BCUT2D eigenvalue weighted by Crippen LogP contribution is 2.24. The van der Waals surface area contributed by atoms with Gasteiger partial charge in [-0.05, 0) is 51.7 Å². The minimum Gasteiger partial charge on any atom is -0.488 e. The van der Waals surface area contributed by atoms with Gasteiger partial charge in [-0.3, -0.25) is 4.79 Å². The molecule has 6 nitrogen and oxygen atoms in total. The Labute approximate surface area is 165 Å². The Balaban J connectivity index is 1.78. The molecular weight excluding hydrogens is 354 g/mol. The van der Waals surface area contributed by atoms with Gasteiger partial charge in [-0.15, -0.1) is 0 Å². The van der Waals surface area contributed by atoms with E-state index in [1.54, 1.807) is 12.1 Å². The molecule has 0 aliphatic rings. The van der Waals surface area contributed by atoms with E-state index >= 15 is 0 Å². The average molecular weight is 379 g/mol. The van der Waals surface area contributed by atoms with Crippen molar-refractivity contribution in [1.29, 1.82) is 0 Å². The van der Waals surface area contributed by atoms with Crippen LogP contribution in [0.5, 0.6) is 5.75 Å². The van der Waals surface area contributed by atoms with Gasteiger partial charge in [0, 0.05) is 12.2 Å². The fourth-order valence-corrected chi connectivity index (χ4v) is 2.95. The molecule has 1 N–H and O–H groups in total. The summed E-state index contributed by atoms with van der Waals surface area (Å²) in [6.07, 6.45) is 0. The van der Waals surface area contributed by atoms with Crippen molar-refractivity contribution in [1.82, 2.24) is 10.1 Å². The van der Waals surface area contributed by atoms with Crippen molar-refractivity contribution in [3.05, 3.63) is 76.7 Å². The Morgan fingerprint density at radius 1 is 1.11 bits per heavy atom. The molecule has 0 unspecified atom stereocenters. The maximum atomic E-state index is 12.9. The number of aryl methyl sites for hydroxylation is 2. The van der Waals surface area contributed by atoms with Gasteiger partial charge in [-0.25, -0.2) is 0 Å². The van der Waals surface area contributed by atoms with Crippen molar-refractivity contribution in [3.8, 4) is 5.75 Å². The number of rotatable bonds is 7.